The highest BCUT2D eigenvalue weighted by molar-refractivity contribution is 6.04. The van der Waals surface area contributed by atoms with Gasteiger partial charge in [0.15, 0.2) is 0 Å². The first-order chi connectivity index (χ1) is 13.0. The van der Waals surface area contributed by atoms with Crippen LogP contribution in [0, 0.1) is 17.0 Å². The standard InChI is InChI=1S/C19H16N4O4/c1-12-10-14(6-8-17(12)23(25)26)19(24)20-15-5-3-4-13(11-15)16-7-9-18(27-2)22-21-16/h3-11H,1-2H3,(H,20,24). The van der Waals surface area contributed by atoms with Gasteiger partial charge in [0.2, 0.25) is 5.88 Å². The van der Waals surface area contributed by atoms with Crippen LogP contribution in [0.4, 0.5) is 11.4 Å². The van der Waals surface area contributed by atoms with Crippen molar-refractivity contribution in [1.82, 2.24) is 10.2 Å². The number of aryl methyl sites for hydroxylation is 1. The lowest BCUT2D eigenvalue weighted by molar-refractivity contribution is -0.385. The summed E-state index contributed by atoms with van der Waals surface area (Å²) in [6.07, 6.45) is 0. The molecule has 0 saturated heterocycles. The van der Waals surface area contributed by atoms with Crippen LogP contribution in [-0.4, -0.2) is 28.1 Å². The Bertz CT molecular complexity index is 1000. The van der Waals surface area contributed by atoms with Crippen molar-refractivity contribution in [3.8, 4) is 17.1 Å². The lowest BCUT2D eigenvalue weighted by Crippen LogP contribution is -2.12. The van der Waals surface area contributed by atoms with Crippen molar-refractivity contribution in [3.63, 3.8) is 0 Å². The molecule has 0 bridgehead atoms. The first-order valence-electron chi connectivity index (χ1n) is 8.02. The number of benzene rings is 2. The van der Waals surface area contributed by atoms with Crippen LogP contribution in [0.2, 0.25) is 0 Å². The number of anilines is 1. The van der Waals surface area contributed by atoms with Crippen molar-refractivity contribution in [3.05, 3.63) is 75.8 Å². The summed E-state index contributed by atoms with van der Waals surface area (Å²) in [5.74, 6) is 0.0581. The van der Waals surface area contributed by atoms with Gasteiger partial charge >= 0.3 is 0 Å². The third-order valence-electron chi connectivity index (χ3n) is 3.92. The van der Waals surface area contributed by atoms with E-state index in [9.17, 15) is 14.9 Å². The third kappa shape index (κ3) is 4.06. The Morgan fingerprint density at radius 2 is 1.93 bits per heavy atom. The summed E-state index contributed by atoms with van der Waals surface area (Å²) in [6, 6.07) is 14.9. The number of rotatable bonds is 5. The molecule has 3 aromatic rings. The van der Waals surface area contributed by atoms with E-state index in [1.165, 1.54) is 25.3 Å². The van der Waals surface area contributed by atoms with Crippen molar-refractivity contribution < 1.29 is 14.5 Å². The number of aromatic nitrogens is 2. The number of hydrogen-bond donors (Lipinski definition) is 1. The van der Waals surface area contributed by atoms with Crippen LogP contribution in [0.15, 0.2) is 54.6 Å². The number of methoxy groups -OCH3 is 1. The molecule has 0 aliphatic carbocycles. The van der Waals surface area contributed by atoms with Crippen LogP contribution >= 0.6 is 0 Å². The summed E-state index contributed by atoms with van der Waals surface area (Å²) in [5.41, 5.74) is 2.74. The second-order valence-corrected chi connectivity index (χ2v) is 5.75. The molecule has 0 aliphatic rings. The molecule has 8 heteroatoms. The second-order valence-electron chi connectivity index (χ2n) is 5.75. The first kappa shape index (κ1) is 18.0. The summed E-state index contributed by atoms with van der Waals surface area (Å²) in [6.45, 7) is 1.60. The average Bonchev–Trinajstić information content (AvgIpc) is 2.68. The number of carbonyl (C=O) groups is 1. The fourth-order valence-electron chi connectivity index (χ4n) is 2.54. The smallest absolute Gasteiger partial charge is 0.272 e. The number of ether oxygens (including phenoxy) is 1. The molecule has 2 aromatic carbocycles. The van der Waals surface area contributed by atoms with Gasteiger partial charge in [-0.05, 0) is 37.3 Å². The highest BCUT2D eigenvalue weighted by Crippen LogP contribution is 2.23. The lowest BCUT2D eigenvalue weighted by Gasteiger charge is -2.08. The quantitative estimate of drug-likeness (QED) is 0.547. The fraction of sp³-hybridized carbons (Fsp3) is 0.105. The van der Waals surface area contributed by atoms with Crippen LogP contribution in [0.5, 0.6) is 5.88 Å². The van der Waals surface area contributed by atoms with E-state index in [1.807, 2.05) is 6.07 Å². The Balaban J connectivity index is 1.80. The molecular weight excluding hydrogens is 348 g/mol. The predicted octanol–water partition coefficient (Wildman–Crippen LogP) is 3.62. The maximum Gasteiger partial charge on any atom is 0.272 e. The number of carbonyl (C=O) groups excluding carboxylic acids is 1. The van der Waals surface area contributed by atoms with Crippen molar-refractivity contribution in [2.75, 3.05) is 12.4 Å². The van der Waals surface area contributed by atoms with Crippen LogP contribution in [0.25, 0.3) is 11.3 Å². The van der Waals surface area contributed by atoms with Gasteiger partial charge < -0.3 is 10.1 Å². The lowest BCUT2D eigenvalue weighted by atomic mass is 10.1. The predicted molar refractivity (Wildman–Crippen MR) is 99.8 cm³/mol. The Hall–Kier alpha value is -3.81. The summed E-state index contributed by atoms with van der Waals surface area (Å²) < 4.78 is 4.99. The van der Waals surface area contributed by atoms with E-state index < -0.39 is 4.92 Å². The molecule has 0 atom stereocenters. The number of nitro benzene ring substituents is 1. The zero-order chi connectivity index (χ0) is 19.4. The van der Waals surface area contributed by atoms with Crippen molar-refractivity contribution in [2.45, 2.75) is 6.92 Å². The monoisotopic (exact) mass is 364 g/mol. The van der Waals surface area contributed by atoms with Crippen LogP contribution in [0.3, 0.4) is 0 Å². The van der Waals surface area contributed by atoms with Crippen molar-refractivity contribution in [1.29, 1.82) is 0 Å². The van der Waals surface area contributed by atoms with Crippen LogP contribution in [-0.2, 0) is 0 Å². The molecule has 0 saturated carbocycles. The summed E-state index contributed by atoms with van der Waals surface area (Å²) in [5, 5.41) is 21.7. The summed E-state index contributed by atoms with van der Waals surface area (Å²) >= 11 is 0. The summed E-state index contributed by atoms with van der Waals surface area (Å²) in [7, 11) is 1.51. The minimum absolute atomic E-state index is 0.0216. The molecule has 1 aromatic heterocycles. The maximum atomic E-state index is 12.5. The highest BCUT2D eigenvalue weighted by atomic mass is 16.6. The molecule has 3 rings (SSSR count). The SMILES string of the molecule is COc1ccc(-c2cccc(NC(=O)c3ccc([N+](=O)[O-])c(C)c3)c2)nn1. The molecule has 27 heavy (non-hydrogen) atoms. The summed E-state index contributed by atoms with van der Waals surface area (Å²) in [4.78, 5) is 22.9. The van der Waals surface area contributed by atoms with Crippen molar-refractivity contribution >= 4 is 17.3 Å². The zero-order valence-electron chi connectivity index (χ0n) is 14.7. The minimum Gasteiger partial charge on any atom is -0.480 e. The number of nitrogens with zero attached hydrogens (tertiary/aromatic N) is 3. The molecule has 0 radical (unpaired) electrons. The molecule has 1 amide bonds. The van der Waals surface area contributed by atoms with Gasteiger partial charge in [0.1, 0.15) is 0 Å². The molecule has 0 aliphatic heterocycles. The zero-order valence-corrected chi connectivity index (χ0v) is 14.7. The highest BCUT2D eigenvalue weighted by Gasteiger charge is 2.14. The van der Waals surface area contributed by atoms with Gasteiger partial charge in [0.25, 0.3) is 11.6 Å². The second kappa shape index (κ2) is 7.61. The molecule has 1 heterocycles. The normalized spacial score (nSPS) is 10.3. The van der Waals surface area contributed by atoms with Gasteiger partial charge in [-0.15, -0.1) is 10.2 Å². The van der Waals surface area contributed by atoms with E-state index >= 15 is 0 Å². The van der Waals surface area contributed by atoms with E-state index in [0.717, 1.165) is 5.56 Å². The van der Waals surface area contributed by atoms with Gasteiger partial charge in [-0.25, -0.2) is 0 Å². The largest absolute Gasteiger partial charge is 0.480 e. The molecule has 1 N–H and O–H groups in total. The minimum atomic E-state index is -0.476. The van der Waals surface area contributed by atoms with Gasteiger partial charge in [-0.2, -0.15) is 0 Å². The van der Waals surface area contributed by atoms with E-state index in [2.05, 4.69) is 15.5 Å². The van der Waals surface area contributed by atoms with Crippen LogP contribution < -0.4 is 10.1 Å². The Morgan fingerprint density at radius 1 is 1.11 bits per heavy atom. The molecule has 0 unspecified atom stereocenters. The Morgan fingerprint density at radius 3 is 2.56 bits per heavy atom. The average molecular weight is 364 g/mol. The van der Waals surface area contributed by atoms with Gasteiger partial charge in [-0.3, -0.25) is 14.9 Å². The van der Waals surface area contributed by atoms with E-state index in [1.54, 1.807) is 37.3 Å². The Kier molecular flexibility index (Phi) is 5.07. The van der Waals surface area contributed by atoms with Crippen molar-refractivity contribution in [2.24, 2.45) is 0 Å². The maximum absolute atomic E-state index is 12.5. The van der Waals surface area contributed by atoms with Gasteiger partial charge in [-0.1, -0.05) is 12.1 Å². The molecular formula is C19H16N4O4. The van der Waals surface area contributed by atoms with Crippen LogP contribution in [0.1, 0.15) is 15.9 Å². The van der Waals surface area contributed by atoms with Gasteiger partial charge in [0.05, 0.1) is 17.7 Å². The van der Waals surface area contributed by atoms with E-state index in [-0.39, 0.29) is 11.6 Å². The number of hydrogen-bond acceptors (Lipinski definition) is 6. The molecule has 8 nitrogen and oxygen atoms in total. The topological polar surface area (TPSA) is 107 Å². The number of amides is 1. The molecule has 136 valence electrons. The molecule has 0 fully saturated rings. The molecule has 0 spiro atoms. The number of nitro groups is 1. The number of nitrogens with one attached hydrogen (secondary N) is 1. The van der Waals surface area contributed by atoms with Gasteiger partial charge in [0, 0.05) is 34.5 Å². The fourth-order valence-corrected chi connectivity index (χ4v) is 2.54. The van der Waals surface area contributed by atoms with E-state index in [0.29, 0.717) is 28.4 Å². The van der Waals surface area contributed by atoms with E-state index in [4.69, 9.17) is 4.74 Å². The Labute approximate surface area is 155 Å². The third-order valence-corrected chi connectivity index (χ3v) is 3.92. The first-order valence-corrected chi connectivity index (χ1v) is 8.02.